The van der Waals surface area contributed by atoms with Gasteiger partial charge in [0.2, 0.25) is 0 Å². The molecule has 0 unspecified atom stereocenters. The molecule has 0 bridgehead atoms. The Balaban J connectivity index is 1.67. The number of furan rings is 1. The highest BCUT2D eigenvalue weighted by molar-refractivity contribution is 5.37. The molecule has 3 saturated carbocycles. The van der Waals surface area contributed by atoms with E-state index in [2.05, 4.69) is 6.26 Å². The van der Waals surface area contributed by atoms with Crippen molar-refractivity contribution in [3.05, 3.63) is 23.2 Å². The fourth-order valence-electron chi connectivity index (χ4n) is 4.66. The van der Waals surface area contributed by atoms with Crippen molar-refractivity contribution in [3.8, 4) is 0 Å². The Bertz CT molecular complexity index is 442. The number of hydrogen-bond acceptors (Lipinski definition) is 1. The lowest BCUT2D eigenvalue weighted by molar-refractivity contribution is 0.339. The molecule has 3 aliphatic rings. The first-order valence-corrected chi connectivity index (χ1v) is 8.97. The minimum Gasteiger partial charge on any atom is -0.457 e. The van der Waals surface area contributed by atoms with Gasteiger partial charge in [-0.25, -0.2) is 0 Å². The lowest BCUT2D eigenvalue weighted by atomic mass is 9.76. The maximum Gasteiger partial charge on any atom is 0.173 e. The molecule has 109 valence electrons. The highest BCUT2D eigenvalue weighted by Gasteiger charge is 2.34. The molecular weight excluding hydrogens is 244 g/mol. The number of hydrogen-bond donors (Lipinski definition) is 0. The molecule has 0 aromatic carbocycles. The van der Waals surface area contributed by atoms with Gasteiger partial charge >= 0.3 is 0 Å². The van der Waals surface area contributed by atoms with Gasteiger partial charge in [0, 0.05) is 17.0 Å². The molecule has 0 amide bonds. The van der Waals surface area contributed by atoms with Gasteiger partial charge in [0.25, 0.3) is 0 Å². The fourth-order valence-corrected chi connectivity index (χ4v) is 4.66. The van der Waals surface area contributed by atoms with Crippen LogP contribution in [0.25, 0.3) is 0 Å². The molecule has 1 radical (unpaired) electrons. The van der Waals surface area contributed by atoms with E-state index in [9.17, 15) is 0 Å². The Morgan fingerprint density at radius 1 is 0.650 bits per heavy atom. The molecule has 0 atom stereocenters. The first kappa shape index (κ1) is 13.0. The molecule has 0 spiro atoms. The highest BCUT2D eigenvalue weighted by atomic mass is 16.3. The van der Waals surface area contributed by atoms with Crippen molar-refractivity contribution in [3.63, 3.8) is 0 Å². The summed E-state index contributed by atoms with van der Waals surface area (Å²) in [5, 5.41) is 0. The maximum atomic E-state index is 6.04. The van der Waals surface area contributed by atoms with E-state index in [0.29, 0.717) is 0 Å². The molecule has 1 aromatic rings. The first-order valence-electron chi connectivity index (χ1n) is 8.97. The topological polar surface area (TPSA) is 13.1 Å². The van der Waals surface area contributed by atoms with Crippen LogP contribution in [0.5, 0.6) is 0 Å². The lowest BCUT2D eigenvalue weighted by Crippen LogP contribution is -2.13. The molecular formula is C19H27O. The molecule has 0 N–H and O–H groups in total. The molecule has 1 aromatic heterocycles. The average molecular weight is 271 g/mol. The average Bonchev–Trinajstić information content (AvgIpc) is 3.06. The Kier molecular flexibility index (Phi) is 3.62. The van der Waals surface area contributed by atoms with E-state index in [1.165, 1.54) is 88.4 Å². The van der Waals surface area contributed by atoms with Crippen molar-refractivity contribution in [2.24, 2.45) is 0 Å². The second-order valence-electron chi connectivity index (χ2n) is 7.34. The molecule has 0 aliphatic heterocycles. The van der Waals surface area contributed by atoms with Gasteiger partial charge in [-0.15, -0.1) is 0 Å². The molecule has 20 heavy (non-hydrogen) atoms. The van der Waals surface area contributed by atoms with Gasteiger partial charge in [0.05, 0.1) is 0 Å². The van der Waals surface area contributed by atoms with Gasteiger partial charge in [-0.1, -0.05) is 38.5 Å². The Morgan fingerprint density at radius 3 is 1.90 bits per heavy atom. The zero-order chi connectivity index (χ0) is 13.4. The summed E-state index contributed by atoms with van der Waals surface area (Å²) >= 11 is 0. The highest BCUT2D eigenvalue weighted by Crippen LogP contribution is 2.48. The maximum absolute atomic E-state index is 6.04. The van der Waals surface area contributed by atoms with Gasteiger partial charge in [0.1, 0.15) is 5.76 Å². The van der Waals surface area contributed by atoms with Crippen LogP contribution in [0.4, 0.5) is 0 Å². The van der Waals surface area contributed by atoms with Crippen LogP contribution in [-0.2, 0) is 0 Å². The largest absolute Gasteiger partial charge is 0.457 e. The van der Waals surface area contributed by atoms with E-state index in [-0.39, 0.29) is 0 Å². The summed E-state index contributed by atoms with van der Waals surface area (Å²) in [6.07, 6.45) is 20.1. The Morgan fingerprint density at radius 2 is 1.25 bits per heavy atom. The minimum atomic E-state index is 0.735. The van der Waals surface area contributed by atoms with Gasteiger partial charge in [0.15, 0.2) is 6.26 Å². The third kappa shape index (κ3) is 2.23. The predicted octanol–water partition coefficient (Wildman–Crippen LogP) is 6.05. The second kappa shape index (κ2) is 5.58. The van der Waals surface area contributed by atoms with E-state index >= 15 is 0 Å². The summed E-state index contributed by atoms with van der Waals surface area (Å²) in [5.41, 5.74) is 3.16. The molecule has 1 nitrogen and oxygen atoms in total. The lowest BCUT2D eigenvalue weighted by Gasteiger charge is -2.27. The van der Waals surface area contributed by atoms with E-state index in [4.69, 9.17) is 4.42 Å². The third-order valence-corrected chi connectivity index (χ3v) is 6.08. The van der Waals surface area contributed by atoms with Crippen molar-refractivity contribution < 1.29 is 4.42 Å². The van der Waals surface area contributed by atoms with E-state index in [0.717, 1.165) is 17.8 Å². The van der Waals surface area contributed by atoms with Crippen LogP contribution in [0.3, 0.4) is 0 Å². The Labute approximate surface area is 123 Å². The Hall–Kier alpha value is -0.720. The van der Waals surface area contributed by atoms with Crippen molar-refractivity contribution in [1.29, 1.82) is 0 Å². The predicted molar refractivity (Wildman–Crippen MR) is 81.2 cm³/mol. The van der Waals surface area contributed by atoms with E-state index in [1.54, 1.807) is 5.56 Å². The van der Waals surface area contributed by atoms with E-state index < -0.39 is 0 Å². The minimum absolute atomic E-state index is 0.735. The first-order chi connectivity index (χ1) is 9.93. The normalized spacial score (nSPS) is 26.0. The smallest absolute Gasteiger partial charge is 0.173 e. The second-order valence-corrected chi connectivity index (χ2v) is 7.34. The summed E-state index contributed by atoms with van der Waals surface area (Å²) in [6, 6.07) is 0. The van der Waals surface area contributed by atoms with Crippen LogP contribution in [0.2, 0.25) is 0 Å². The number of rotatable bonds is 3. The summed E-state index contributed by atoms with van der Waals surface area (Å²) in [6.45, 7) is 0. The molecule has 0 saturated heterocycles. The van der Waals surface area contributed by atoms with Gasteiger partial charge < -0.3 is 4.42 Å². The third-order valence-electron chi connectivity index (χ3n) is 6.08. The molecule has 1 heterocycles. The van der Waals surface area contributed by atoms with Crippen molar-refractivity contribution in [1.82, 2.24) is 0 Å². The standard InChI is InChI=1S/C19H27O/c1-2-7-14(8-3-1)17-13-20-19(16-11-6-12-16)18(17)15-9-4-5-10-15/h14-16H,1-12H2. The summed E-state index contributed by atoms with van der Waals surface area (Å²) in [5.74, 6) is 3.66. The van der Waals surface area contributed by atoms with Crippen LogP contribution in [0, 0.1) is 6.26 Å². The summed E-state index contributed by atoms with van der Waals surface area (Å²) in [4.78, 5) is 0. The fraction of sp³-hybridized carbons (Fsp3) is 0.789. The zero-order valence-electron chi connectivity index (χ0n) is 12.6. The summed E-state index contributed by atoms with van der Waals surface area (Å²) < 4.78 is 6.04. The zero-order valence-corrected chi connectivity index (χ0v) is 12.6. The van der Waals surface area contributed by atoms with Crippen molar-refractivity contribution >= 4 is 0 Å². The van der Waals surface area contributed by atoms with E-state index in [1.807, 2.05) is 0 Å². The van der Waals surface area contributed by atoms with Crippen LogP contribution < -0.4 is 0 Å². The monoisotopic (exact) mass is 271 g/mol. The van der Waals surface area contributed by atoms with Crippen LogP contribution >= 0.6 is 0 Å². The molecule has 3 fully saturated rings. The molecule has 4 rings (SSSR count). The van der Waals surface area contributed by atoms with Crippen LogP contribution in [-0.4, -0.2) is 0 Å². The SMILES string of the molecule is [c]1oc(C2CCC2)c(C2CCCC2)c1C1CCCCC1. The van der Waals surface area contributed by atoms with Crippen LogP contribution in [0.15, 0.2) is 4.42 Å². The van der Waals surface area contributed by atoms with Gasteiger partial charge in [-0.05, 0) is 50.4 Å². The van der Waals surface area contributed by atoms with Gasteiger partial charge in [-0.3, -0.25) is 0 Å². The van der Waals surface area contributed by atoms with Crippen molar-refractivity contribution in [2.75, 3.05) is 0 Å². The quantitative estimate of drug-likeness (QED) is 0.652. The molecule has 1 heteroatoms. The summed E-state index contributed by atoms with van der Waals surface area (Å²) in [7, 11) is 0. The molecule has 3 aliphatic carbocycles. The van der Waals surface area contributed by atoms with Crippen molar-refractivity contribution in [2.45, 2.75) is 94.8 Å². The van der Waals surface area contributed by atoms with Gasteiger partial charge in [-0.2, -0.15) is 0 Å². The van der Waals surface area contributed by atoms with Crippen LogP contribution in [0.1, 0.15) is 112 Å².